The SMILES string of the molecule is COC(C)(CNC(=O)C(=O)Nc1cc(C)on1)c1ccccc1F. The minimum atomic E-state index is -1.12. The maximum Gasteiger partial charge on any atom is 0.314 e. The molecule has 128 valence electrons. The van der Waals surface area contributed by atoms with Crippen molar-refractivity contribution in [2.45, 2.75) is 19.4 Å². The number of nitrogens with one attached hydrogen (secondary N) is 2. The van der Waals surface area contributed by atoms with Gasteiger partial charge in [0, 0.05) is 18.7 Å². The van der Waals surface area contributed by atoms with Gasteiger partial charge in [0.2, 0.25) is 0 Å². The third-order valence-corrected chi connectivity index (χ3v) is 3.56. The molecule has 1 aromatic carbocycles. The van der Waals surface area contributed by atoms with Crippen molar-refractivity contribution in [1.82, 2.24) is 10.5 Å². The van der Waals surface area contributed by atoms with Gasteiger partial charge >= 0.3 is 11.8 Å². The molecule has 0 aliphatic heterocycles. The van der Waals surface area contributed by atoms with Gasteiger partial charge in [-0.2, -0.15) is 0 Å². The molecule has 0 saturated carbocycles. The molecular formula is C16H18FN3O4. The summed E-state index contributed by atoms with van der Waals surface area (Å²) in [4.78, 5) is 23.7. The molecule has 0 aliphatic carbocycles. The van der Waals surface area contributed by atoms with Crippen molar-refractivity contribution in [1.29, 1.82) is 0 Å². The number of ether oxygens (including phenoxy) is 1. The van der Waals surface area contributed by atoms with Gasteiger partial charge in [-0.05, 0) is 19.9 Å². The predicted octanol–water partition coefficient (Wildman–Crippen LogP) is 1.74. The van der Waals surface area contributed by atoms with Gasteiger partial charge in [-0.15, -0.1) is 0 Å². The highest BCUT2D eigenvalue weighted by atomic mass is 19.1. The summed E-state index contributed by atoms with van der Waals surface area (Å²) in [5, 5.41) is 8.28. The molecule has 2 rings (SSSR count). The first-order chi connectivity index (χ1) is 11.4. The molecular weight excluding hydrogens is 317 g/mol. The molecule has 0 fully saturated rings. The average molecular weight is 335 g/mol. The van der Waals surface area contributed by atoms with Gasteiger partial charge in [-0.3, -0.25) is 14.9 Å². The lowest BCUT2D eigenvalue weighted by Crippen LogP contribution is -2.44. The van der Waals surface area contributed by atoms with Crippen molar-refractivity contribution in [3.05, 3.63) is 47.5 Å². The van der Waals surface area contributed by atoms with Crippen LogP contribution in [0.3, 0.4) is 0 Å². The summed E-state index contributed by atoms with van der Waals surface area (Å²) in [7, 11) is 1.40. The molecule has 0 aliphatic rings. The Balaban J connectivity index is 2.00. The van der Waals surface area contributed by atoms with Crippen molar-refractivity contribution >= 4 is 17.6 Å². The molecule has 2 amide bonds. The Morgan fingerprint density at radius 1 is 1.33 bits per heavy atom. The molecule has 0 spiro atoms. The van der Waals surface area contributed by atoms with E-state index in [-0.39, 0.29) is 17.9 Å². The molecule has 2 aromatic rings. The number of carbonyl (C=O) groups excluding carboxylic acids is 2. The third kappa shape index (κ3) is 3.96. The van der Waals surface area contributed by atoms with Crippen LogP contribution in [0.25, 0.3) is 0 Å². The van der Waals surface area contributed by atoms with E-state index in [1.165, 1.54) is 19.2 Å². The maximum absolute atomic E-state index is 14.0. The zero-order valence-electron chi connectivity index (χ0n) is 13.6. The normalized spacial score (nSPS) is 13.2. The first-order valence-corrected chi connectivity index (χ1v) is 7.18. The molecule has 1 unspecified atom stereocenters. The fourth-order valence-electron chi connectivity index (χ4n) is 2.10. The number of hydrogen-bond donors (Lipinski definition) is 2. The third-order valence-electron chi connectivity index (χ3n) is 3.56. The minimum Gasteiger partial charge on any atom is -0.372 e. The Morgan fingerprint density at radius 2 is 2.04 bits per heavy atom. The number of carbonyl (C=O) groups is 2. The molecule has 0 radical (unpaired) electrons. The summed E-state index contributed by atoms with van der Waals surface area (Å²) in [5.74, 6) is -1.63. The number of halogens is 1. The Kier molecular flexibility index (Phi) is 5.30. The van der Waals surface area contributed by atoms with Crippen LogP contribution in [0.5, 0.6) is 0 Å². The highest BCUT2D eigenvalue weighted by Crippen LogP contribution is 2.26. The number of aromatic nitrogens is 1. The molecule has 2 N–H and O–H groups in total. The van der Waals surface area contributed by atoms with Gasteiger partial charge in [0.25, 0.3) is 0 Å². The van der Waals surface area contributed by atoms with Gasteiger partial charge in [0.15, 0.2) is 5.82 Å². The van der Waals surface area contributed by atoms with Crippen LogP contribution < -0.4 is 10.6 Å². The van der Waals surface area contributed by atoms with Crippen LogP contribution in [0.4, 0.5) is 10.2 Å². The van der Waals surface area contributed by atoms with E-state index in [0.717, 1.165) is 0 Å². The van der Waals surface area contributed by atoms with E-state index in [0.29, 0.717) is 5.76 Å². The van der Waals surface area contributed by atoms with Gasteiger partial charge in [-0.25, -0.2) is 4.39 Å². The molecule has 24 heavy (non-hydrogen) atoms. The fraction of sp³-hybridized carbons (Fsp3) is 0.312. The second kappa shape index (κ2) is 7.22. The number of rotatable bonds is 5. The van der Waals surface area contributed by atoms with Crippen LogP contribution in [0.1, 0.15) is 18.2 Å². The lowest BCUT2D eigenvalue weighted by molar-refractivity contribution is -0.137. The summed E-state index contributed by atoms with van der Waals surface area (Å²) in [6.07, 6.45) is 0. The second-order valence-corrected chi connectivity index (χ2v) is 5.37. The Labute approximate surface area is 138 Å². The number of benzene rings is 1. The van der Waals surface area contributed by atoms with E-state index in [2.05, 4.69) is 15.8 Å². The zero-order chi connectivity index (χ0) is 17.7. The second-order valence-electron chi connectivity index (χ2n) is 5.37. The van der Waals surface area contributed by atoms with Crippen LogP contribution >= 0.6 is 0 Å². The van der Waals surface area contributed by atoms with Crippen LogP contribution in [-0.4, -0.2) is 30.6 Å². The van der Waals surface area contributed by atoms with E-state index in [9.17, 15) is 14.0 Å². The molecule has 1 heterocycles. The van der Waals surface area contributed by atoms with E-state index >= 15 is 0 Å². The van der Waals surface area contributed by atoms with Crippen LogP contribution in [0, 0.1) is 12.7 Å². The number of nitrogens with zero attached hydrogens (tertiary/aromatic N) is 1. The lowest BCUT2D eigenvalue weighted by Gasteiger charge is -2.29. The van der Waals surface area contributed by atoms with Gasteiger partial charge in [0.05, 0.1) is 6.54 Å². The number of amides is 2. The summed E-state index contributed by atoms with van der Waals surface area (Å²) in [6, 6.07) is 7.55. The Bertz CT molecular complexity index is 746. The monoisotopic (exact) mass is 335 g/mol. The molecule has 0 saturated heterocycles. The first-order valence-electron chi connectivity index (χ1n) is 7.18. The predicted molar refractivity (Wildman–Crippen MR) is 83.6 cm³/mol. The topological polar surface area (TPSA) is 93.5 Å². The van der Waals surface area contributed by atoms with Crippen molar-refractivity contribution in [2.75, 3.05) is 19.0 Å². The fourth-order valence-corrected chi connectivity index (χ4v) is 2.10. The maximum atomic E-state index is 14.0. The van der Waals surface area contributed by atoms with Gasteiger partial charge in [0.1, 0.15) is 17.2 Å². The van der Waals surface area contributed by atoms with Crippen LogP contribution in [0.2, 0.25) is 0 Å². The summed E-state index contributed by atoms with van der Waals surface area (Å²) >= 11 is 0. The first kappa shape index (κ1) is 17.6. The number of anilines is 1. The number of methoxy groups -OCH3 is 1. The molecule has 1 atom stereocenters. The van der Waals surface area contributed by atoms with Crippen molar-refractivity contribution < 1.29 is 23.2 Å². The highest BCUT2D eigenvalue weighted by Gasteiger charge is 2.30. The Hall–Kier alpha value is -2.74. The van der Waals surface area contributed by atoms with Gasteiger partial charge in [-0.1, -0.05) is 23.4 Å². The smallest absolute Gasteiger partial charge is 0.314 e. The Morgan fingerprint density at radius 3 is 2.62 bits per heavy atom. The molecule has 7 nitrogen and oxygen atoms in total. The lowest BCUT2D eigenvalue weighted by atomic mass is 9.95. The minimum absolute atomic E-state index is 0.0888. The van der Waals surface area contributed by atoms with Crippen molar-refractivity contribution in [3.8, 4) is 0 Å². The van der Waals surface area contributed by atoms with Gasteiger partial charge < -0.3 is 14.6 Å². The largest absolute Gasteiger partial charge is 0.372 e. The van der Waals surface area contributed by atoms with Crippen LogP contribution in [-0.2, 0) is 19.9 Å². The van der Waals surface area contributed by atoms with Crippen molar-refractivity contribution in [3.63, 3.8) is 0 Å². The molecule has 0 bridgehead atoms. The summed E-state index contributed by atoms with van der Waals surface area (Å²) in [6.45, 7) is 3.18. The zero-order valence-corrected chi connectivity index (χ0v) is 13.6. The van der Waals surface area contributed by atoms with E-state index in [1.807, 2.05) is 0 Å². The quantitative estimate of drug-likeness (QED) is 0.812. The summed E-state index contributed by atoms with van der Waals surface area (Å²) < 4.78 is 24.1. The standard InChI is InChI=1S/C16H18FN3O4/c1-10-8-13(20-24-10)19-15(22)14(21)18-9-16(2,23-3)11-6-4-5-7-12(11)17/h4-8H,9H2,1-3H3,(H,18,21)(H,19,20,22). The van der Waals surface area contributed by atoms with E-state index < -0.39 is 23.2 Å². The summed E-state index contributed by atoms with van der Waals surface area (Å²) in [5.41, 5.74) is -0.841. The highest BCUT2D eigenvalue weighted by molar-refractivity contribution is 6.39. The molecule has 8 heteroatoms. The van der Waals surface area contributed by atoms with E-state index in [1.54, 1.807) is 32.0 Å². The molecule has 1 aromatic heterocycles. The van der Waals surface area contributed by atoms with E-state index in [4.69, 9.17) is 9.26 Å². The van der Waals surface area contributed by atoms with Crippen LogP contribution in [0.15, 0.2) is 34.9 Å². The average Bonchev–Trinajstić information content (AvgIpc) is 2.97. The number of aryl methyl sites for hydroxylation is 1. The number of hydrogen-bond acceptors (Lipinski definition) is 5. The van der Waals surface area contributed by atoms with Crippen molar-refractivity contribution in [2.24, 2.45) is 0 Å².